The molecule has 1 saturated carbocycles. The maximum Gasteiger partial charge on any atom is 0.0540 e. The summed E-state index contributed by atoms with van der Waals surface area (Å²) in [5, 5.41) is 5.26. The van der Waals surface area contributed by atoms with Gasteiger partial charge in [0.05, 0.1) is 5.69 Å². The monoisotopic (exact) mass is 727 g/mol. The van der Waals surface area contributed by atoms with Gasteiger partial charge in [-0.25, -0.2) is 0 Å². The van der Waals surface area contributed by atoms with Crippen molar-refractivity contribution in [2.75, 3.05) is 4.90 Å². The third kappa shape index (κ3) is 4.69. The summed E-state index contributed by atoms with van der Waals surface area (Å²) in [5.41, 5.74) is 19.7. The van der Waals surface area contributed by atoms with Crippen molar-refractivity contribution in [3.8, 4) is 44.5 Å². The Balaban J connectivity index is 1.00. The van der Waals surface area contributed by atoms with E-state index in [9.17, 15) is 0 Å². The van der Waals surface area contributed by atoms with E-state index in [1.54, 1.807) is 0 Å². The van der Waals surface area contributed by atoms with Crippen molar-refractivity contribution >= 4 is 38.6 Å². The summed E-state index contributed by atoms with van der Waals surface area (Å²) in [6.07, 6.45) is 2.46. The van der Waals surface area contributed by atoms with Gasteiger partial charge in [0.1, 0.15) is 0 Å². The summed E-state index contributed by atoms with van der Waals surface area (Å²) in [5.74, 6) is 0. The number of hydrogen-bond donors (Lipinski definition) is 0. The van der Waals surface area contributed by atoms with Gasteiger partial charge in [0.15, 0.2) is 0 Å². The summed E-state index contributed by atoms with van der Waals surface area (Å²) in [7, 11) is 0. The summed E-state index contributed by atoms with van der Waals surface area (Å²) < 4.78 is 0. The van der Waals surface area contributed by atoms with Crippen LogP contribution in [-0.4, -0.2) is 0 Å². The van der Waals surface area contributed by atoms with Crippen molar-refractivity contribution in [3.05, 3.63) is 210 Å². The molecule has 0 aromatic heterocycles. The molecule has 0 unspecified atom stereocenters. The lowest BCUT2D eigenvalue weighted by molar-refractivity contribution is 0.660. The Kier molecular flexibility index (Phi) is 6.79. The molecule has 3 aliphatic rings. The molecular formula is C56H41N. The molecule has 1 fully saturated rings. The van der Waals surface area contributed by atoms with Gasteiger partial charge in [-0.1, -0.05) is 166 Å². The van der Waals surface area contributed by atoms with Crippen molar-refractivity contribution in [3.63, 3.8) is 0 Å². The first kappa shape index (κ1) is 32.5. The van der Waals surface area contributed by atoms with Crippen LogP contribution in [0.5, 0.6) is 0 Å². The molecule has 57 heavy (non-hydrogen) atoms. The predicted molar refractivity (Wildman–Crippen MR) is 240 cm³/mol. The Morgan fingerprint density at radius 1 is 0.386 bits per heavy atom. The van der Waals surface area contributed by atoms with Crippen LogP contribution in [0.15, 0.2) is 188 Å². The van der Waals surface area contributed by atoms with E-state index in [2.05, 4.69) is 207 Å². The van der Waals surface area contributed by atoms with Crippen molar-refractivity contribution in [1.29, 1.82) is 0 Å². The summed E-state index contributed by atoms with van der Waals surface area (Å²) >= 11 is 0. The molecule has 3 aliphatic carbocycles. The van der Waals surface area contributed by atoms with E-state index in [-0.39, 0.29) is 10.8 Å². The zero-order valence-corrected chi connectivity index (χ0v) is 32.3. The second-order valence-corrected chi connectivity index (χ2v) is 16.9. The molecule has 9 aromatic rings. The zero-order valence-electron chi connectivity index (χ0n) is 32.3. The van der Waals surface area contributed by atoms with Crippen molar-refractivity contribution in [2.24, 2.45) is 0 Å². The van der Waals surface area contributed by atoms with Crippen LogP contribution in [0.3, 0.4) is 0 Å². The molecule has 0 saturated heterocycles. The second-order valence-electron chi connectivity index (χ2n) is 16.9. The highest BCUT2D eigenvalue weighted by Crippen LogP contribution is 2.61. The Morgan fingerprint density at radius 2 is 0.982 bits per heavy atom. The van der Waals surface area contributed by atoms with Crippen molar-refractivity contribution < 1.29 is 0 Å². The average molecular weight is 728 g/mol. The van der Waals surface area contributed by atoms with Gasteiger partial charge in [-0.2, -0.15) is 0 Å². The molecule has 270 valence electrons. The van der Waals surface area contributed by atoms with Crippen LogP contribution in [-0.2, 0) is 10.8 Å². The number of benzene rings is 9. The normalized spacial score (nSPS) is 15.0. The molecule has 0 heterocycles. The minimum Gasteiger partial charge on any atom is -0.310 e. The lowest BCUT2D eigenvalue weighted by Crippen LogP contribution is -2.16. The first-order valence-corrected chi connectivity index (χ1v) is 20.4. The molecule has 0 N–H and O–H groups in total. The van der Waals surface area contributed by atoms with Crippen molar-refractivity contribution in [1.82, 2.24) is 0 Å². The highest BCUT2D eigenvalue weighted by Gasteiger charge is 2.50. The van der Waals surface area contributed by atoms with Gasteiger partial charge in [-0.05, 0) is 132 Å². The van der Waals surface area contributed by atoms with Gasteiger partial charge in [0, 0.05) is 27.8 Å². The van der Waals surface area contributed by atoms with Crippen LogP contribution in [0.1, 0.15) is 48.9 Å². The molecule has 1 nitrogen and oxygen atoms in total. The van der Waals surface area contributed by atoms with Crippen LogP contribution in [0.2, 0.25) is 0 Å². The zero-order chi connectivity index (χ0) is 37.9. The van der Waals surface area contributed by atoms with Crippen LogP contribution in [0.25, 0.3) is 66.1 Å². The summed E-state index contributed by atoms with van der Waals surface area (Å²) in [6, 6.07) is 70.5. The summed E-state index contributed by atoms with van der Waals surface area (Å²) in [4.78, 5) is 2.47. The third-order valence-electron chi connectivity index (χ3n) is 13.5. The maximum absolute atomic E-state index is 2.47. The Hall–Kier alpha value is -6.70. The molecule has 1 heteroatoms. The topological polar surface area (TPSA) is 3.24 Å². The molecule has 1 spiro atoms. The molecule has 0 amide bonds. The van der Waals surface area contributed by atoms with Gasteiger partial charge in [-0.3, -0.25) is 0 Å². The van der Waals surface area contributed by atoms with Crippen LogP contribution >= 0.6 is 0 Å². The van der Waals surface area contributed by atoms with E-state index >= 15 is 0 Å². The highest BCUT2D eigenvalue weighted by atomic mass is 15.1. The average Bonchev–Trinajstić information content (AvgIpc) is 4.03. The number of rotatable bonds is 5. The second kappa shape index (κ2) is 11.9. The Labute approximate surface area is 334 Å². The van der Waals surface area contributed by atoms with E-state index in [0.29, 0.717) is 0 Å². The lowest BCUT2D eigenvalue weighted by Gasteiger charge is -2.30. The molecule has 0 atom stereocenters. The Morgan fingerprint density at radius 3 is 1.81 bits per heavy atom. The first-order valence-electron chi connectivity index (χ1n) is 20.4. The summed E-state index contributed by atoms with van der Waals surface area (Å²) in [6.45, 7) is 4.73. The largest absolute Gasteiger partial charge is 0.310 e. The fraction of sp³-hybridized carbons (Fsp3) is 0.107. The first-order chi connectivity index (χ1) is 28.0. The number of nitrogens with zero attached hydrogens (tertiary/aromatic N) is 1. The quantitative estimate of drug-likeness (QED) is 0.171. The molecule has 0 bridgehead atoms. The van der Waals surface area contributed by atoms with E-state index in [1.807, 2.05) is 0 Å². The maximum atomic E-state index is 2.47. The Bertz CT molecular complexity index is 3110. The number of para-hydroxylation sites is 1. The molecule has 0 radical (unpaired) electrons. The molecule has 12 rings (SSSR count). The van der Waals surface area contributed by atoms with Crippen LogP contribution in [0.4, 0.5) is 17.1 Å². The predicted octanol–water partition coefficient (Wildman–Crippen LogP) is 15.2. The van der Waals surface area contributed by atoms with E-state index in [4.69, 9.17) is 0 Å². The van der Waals surface area contributed by atoms with Crippen LogP contribution in [0, 0.1) is 0 Å². The standard InChI is InChI=1S/C56H41N/c1-55(2)49-19-9-6-16-44(49)46-28-27-41(35-52(46)55)57(53-22-11-8-15-43(53)36-13-4-3-5-14-36)40-26-25-37-33-39(24-23-38(37)34-40)42-29-30-48-45-17-7-10-20-50(45)56(31-32-56)51-21-12-18-47(42)54(48)51/h3-30,33-35H,31-32H2,1-2H3. The van der Waals surface area contributed by atoms with Crippen molar-refractivity contribution in [2.45, 2.75) is 37.5 Å². The van der Waals surface area contributed by atoms with E-state index in [0.717, 1.165) is 17.1 Å². The fourth-order valence-corrected chi connectivity index (χ4v) is 10.6. The smallest absolute Gasteiger partial charge is 0.0540 e. The minimum atomic E-state index is -0.100. The minimum absolute atomic E-state index is 0.100. The number of hydrogen-bond acceptors (Lipinski definition) is 1. The fourth-order valence-electron chi connectivity index (χ4n) is 10.6. The van der Waals surface area contributed by atoms with Gasteiger partial charge in [0.2, 0.25) is 0 Å². The van der Waals surface area contributed by atoms with Crippen LogP contribution < -0.4 is 4.90 Å². The van der Waals surface area contributed by atoms with Gasteiger partial charge in [-0.15, -0.1) is 0 Å². The SMILES string of the molecule is CC1(C)c2ccccc2-c2ccc(N(c3ccc4cc(-c5ccc6c7c(cccc57)C5(CC5)c5ccccc5-6)ccc4c3)c3ccccc3-c3ccccc3)cc21. The van der Waals surface area contributed by atoms with Gasteiger partial charge >= 0.3 is 0 Å². The molecular weight excluding hydrogens is 687 g/mol. The lowest BCUT2D eigenvalue weighted by atomic mass is 9.74. The van der Waals surface area contributed by atoms with Gasteiger partial charge < -0.3 is 4.90 Å². The van der Waals surface area contributed by atoms with E-state index < -0.39 is 0 Å². The van der Waals surface area contributed by atoms with Gasteiger partial charge in [0.25, 0.3) is 0 Å². The number of fused-ring (bicyclic) bond motifs is 8. The molecule has 9 aromatic carbocycles. The molecule has 0 aliphatic heterocycles. The van der Waals surface area contributed by atoms with E-state index in [1.165, 1.54) is 101 Å². The third-order valence-corrected chi connectivity index (χ3v) is 13.5. The highest BCUT2D eigenvalue weighted by molar-refractivity contribution is 6.10. The number of anilines is 3.